The average Bonchev–Trinajstić information content (AvgIpc) is 2.17. The van der Waals surface area contributed by atoms with Crippen molar-refractivity contribution in [3.05, 3.63) is 0 Å². The molecule has 0 aromatic heterocycles. The highest BCUT2D eigenvalue weighted by molar-refractivity contribution is 4.77. The zero-order valence-corrected chi connectivity index (χ0v) is 5.73. The molecule has 1 atom stereocenters. The second-order valence-corrected chi connectivity index (χ2v) is 2.59. The van der Waals surface area contributed by atoms with Crippen LogP contribution in [0.25, 0.3) is 0 Å². The predicted molar refractivity (Wildman–Crippen MR) is 35.0 cm³/mol. The molecule has 0 saturated carbocycles. The molecule has 0 aromatic carbocycles. The van der Waals surface area contributed by atoms with E-state index in [2.05, 4.69) is 17.3 Å². The fourth-order valence-electron chi connectivity index (χ4n) is 1.21. The Hall–Kier alpha value is -0.150. The van der Waals surface area contributed by atoms with E-state index in [9.17, 15) is 4.39 Å². The third kappa shape index (κ3) is 1.91. The smallest absolute Gasteiger partial charge is 0.140 e. The number of likely N-dealkylation sites (N-methyl/N-ethyl adjacent to an activating group) is 1. The van der Waals surface area contributed by atoms with Gasteiger partial charge in [-0.15, -0.1) is 0 Å². The second kappa shape index (κ2) is 3.13. The summed E-state index contributed by atoms with van der Waals surface area (Å²) in [5.74, 6) is 0. The molecular weight excluding hydrogens is 119 g/mol. The van der Waals surface area contributed by atoms with Crippen LogP contribution in [0.2, 0.25) is 0 Å². The van der Waals surface area contributed by atoms with Crippen molar-refractivity contribution >= 4 is 0 Å². The standard InChI is InChI=1S/C6H13FN2/c1-9-3-2-6(4-9)8-5-7/h6,8H,2-5H2,1H3. The largest absolute Gasteiger partial charge is 0.305 e. The van der Waals surface area contributed by atoms with E-state index in [-0.39, 0.29) is 0 Å². The normalized spacial score (nSPS) is 29.3. The Balaban J connectivity index is 2.14. The van der Waals surface area contributed by atoms with Crippen LogP contribution in [0.3, 0.4) is 0 Å². The first-order valence-corrected chi connectivity index (χ1v) is 3.31. The van der Waals surface area contributed by atoms with Gasteiger partial charge in [0.05, 0.1) is 0 Å². The highest BCUT2D eigenvalue weighted by Gasteiger charge is 2.17. The van der Waals surface area contributed by atoms with Gasteiger partial charge in [0, 0.05) is 12.6 Å². The summed E-state index contributed by atoms with van der Waals surface area (Å²) in [7, 11) is 2.06. The van der Waals surface area contributed by atoms with Crippen molar-refractivity contribution in [1.82, 2.24) is 10.2 Å². The van der Waals surface area contributed by atoms with E-state index in [4.69, 9.17) is 0 Å². The predicted octanol–water partition coefficient (Wildman–Crippen LogP) is 0.207. The molecule has 0 amide bonds. The molecule has 3 heteroatoms. The lowest BCUT2D eigenvalue weighted by Crippen LogP contribution is -2.30. The number of hydrogen-bond acceptors (Lipinski definition) is 2. The van der Waals surface area contributed by atoms with Crippen molar-refractivity contribution in [2.45, 2.75) is 12.5 Å². The minimum atomic E-state index is -0.390. The second-order valence-electron chi connectivity index (χ2n) is 2.59. The SMILES string of the molecule is CN1CCC(NCF)C1. The van der Waals surface area contributed by atoms with Crippen molar-refractivity contribution in [1.29, 1.82) is 0 Å². The molecule has 54 valence electrons. The van der Waals surface area contributed by atoms with Crippen LogP contribution in [-0.2, 0) is 0 Å². The van der Waals surface area contributed by atoms with E-state index in [1.165, 1.54) is 0 Å². The van der Waals surface area contributed by atoms with E-state index in [1.807, 2.05) is 0 Å². The minimum Gasteiger partial charge on any atom is -0.305 e. The lowest BCUT2D eigenvalue weighted by Gasteiger charge is -2.08. The summed E-state index contributed by atoms with van der Waals surface area (Å²) in [6, 6.07) is 0.389. The minimum absolute atomic E-state index is 0.389. The van der Waals surface area contributed by atoms with Crippen LogP contribution in [0.1, 0.15) is 6.42 Å². The Morgan fingerprint density at radius 1 is 1.78 bits per heavy atom. The molecule has 0 bridgehead atoms. The highest BCUT2D eigenvalue weighted by Crippen LogP contribution is 2.04. The maximum atomic E-state index is 11.6. The maximum absolute atomic E-state index is 11.6. The molecule has 0 aromatic rings. The summed E-state index contributed by atoms with van der Waals surface area (Å²) >= 11 is 0. The van der Waals surface area contributed by atoms with Crippen LogP contribution in [-0.4, -0.2) is 37.9 Å². The Morgan fingerprint density at radius 2 is 2.56 bits per heavy atom. The molecule has 1 heterocycles. The highest BCUT2D eigenvalue weighted by atomic mass is 19.1. The van der Waals surface area contributed by atoms with Gasteiger partial charge in [-0.2, -0.15) is 0 Å². The number of hydrogen-bond donors (Lipinski definition) is 1. The van der Waals surface area contributed by atoms with Crippen molar-refractivity contribution in [2.75, 3.05) is 26.9 Å². The Labute approximate surface area is 55.0 Å². The number of nitrogens with zero attached hydrogens (tertiary/aromatic N) is 1. The van der Waals surface area contributed by atoms with Crippen LogP contribution < -0.4 is 5.32 Å². The van der Waals surface area contributed by atoms with Gasteiger partial charge in [-0.25, -0.2) is 4.39 Å². The van der Waals surface area contributed by atoms with Gasteiger partial charge in [-0.05, 0) is 20.0 Å². The topological polar surface area (TPSA) is 15.3 Å². The van der Waals surface area contributed by atoms with E-state index < -0.39 is 6.80 Å². The number of halogens is 1. The first-order chi connectivity index (χ1) is 4.33. The third-order valence-corrected chi connectivity index (χ3v) is 1.76. The Morgan fingerprint density at radius 3 is 3.00 bits per heavy atom. The van der Waals surface area contributed by atoms with Crippen molar-refractivity contribution in [2.24, 2.45) is 0 Å². The number of likely N-dealkylation sites (tertiary alicyclic amines) is 1. The zero-order chi connectivity index (χ0) is 6.69. The van der Waals surface area contributed by atoms with Gasteiger partial charge in [0.25, 0.3) is 0 Å². The van der Waals surface area contributed by atoms with Crippen LogP contribution >= 0.6 is 0 Å². The van der Waals surface area contributed by atoms with Crippen molar-refractivity contribution in [3.8, 4) is 0 Å². The first kappa shape index (κ1) is 6.96. The summed E-state index contributed by atoms with van der Waals surface area (Å²) in [5.41, 5.74) is 0. The van der Waals surface area contributed by atoms with E-state index >= 15 is 0 Å². The van der Waals surface area contributed by atoms with Crippen LogP contribution in [0.15, 0.2) is 0 Å². The molecule has 9 heavy (non-hydrogen) atoms. The molecule has 1 N–H and O–H groups in total. The van der Waals surface area contributed by atoms with Gasteiger partial charge < -0.3 is 4.90 Å². The van der Waals surface area contributed by atoms with E-state index in [0.717, 1.165) is 19.5 Å². The quantitative estimate of drug-likeness (QED) is 0.540. The average molecular weight is 132 g/mol. The van der Waals surface area contributed by atoms with Gasteiger partial charge in [0.1, 0.15) is 6.80 Å². The van der Waals surface area contributed by atoms with E-state index in [0.29, 0.717) is 6.04 Å². The number of alkyl halides is 1. The Kier molecular flexibility index (Phi) is 2.42. The molecule has 1 fully saturated rings. The summed E-state index contributed by atoms with van der Waals surface area (Å²) in [6.45, 7) is 1.69. The molecule has 0 aliphatic carbocycles. The number of nitrogens with one attached hydrogen (secondary N) is 1. The summed E-state index contributed by atoms with van der Waals surface area (Å²) in [5, 5.41) is 2.77. The maximum Gasteiger partial charge on any atom is 0.140 e. The fraction of sp³-hybridized carbons (Fsp3) is 1.00. The lowest BCUT2D eigenvalue weighted by atomic mass is 10.3. The summed E-state index contributed by atoms with van der Waals surface area (Å²) in [4.78, 5) is 2.20. The van der Waals surface area contributed by atoms with Gasteiger partial charge in [0.15, 0.2) is 0 Å². The molecule has 2 nitrogen and oxygen atoms in total. The molecule has 1 rings (SSSR count). The number of rotatable bonds is 2. The molecular formula is C6H13FN2. The van der Waals surface area contributed by atoms with Gasteiger partial charge in [-0.3, -0.25) is 5.32 Å². The van der Waals surface area contributed by atoms with Crippen molar-refractivity contribution < 1.29 is 4.39 Å². The monoisotopic (exact) mass is 132 g/mol. The van der Waals surface area contributed by atoms with Crippen LogP contribution in [0, 0.1) is 0 Å². The zero-order valence-electron chi connectivity index (χ0n) is 5.73. The third-order valence-electron chi connectivity index (χ3n) is 1.76. The Bertz CT molecular complexity index is 85.1. The molecule has 1 aliphatic heterocycles. The van der Waals surface area contributed by atoms with Crippen LogP contribution in [0.5, 0.6) is 0 Å². The van der Waals surface area contributed by atoms with Gasteiger partial charge >= 0.3 is 0 Å². The fourth-order valence-corrected chi connectivity index (χ4v) is 1.21. The van der Waals surface area contributed by atoms with Crippen molar-refractivity contribution in [3.63, 3.8) is 0 Å². The molecule has 0 spiro atoms. The lowest BCUT2D eigenvalue weighted by molar-refractivity contribution is 0.358. The summed E-state index contributed by atoms with van der Waals surface area (Å²) < 4.78 is 11.6. The van der Waals surface area contributed by atoms with Crippen LogP contribution in [0.4, 0.5) is 4.39 Å². The molecule has 0 radical (unpaired) electrons. The summed E-state index contributed by atoms with van der Waals surface area (Å²) in [6.07, 6.45) is 1.08. The first-order valence-electron chi connectivity index (χ1n) is 3.31. The van der Waals surface area contributed by atoms with Gasteiger partial charge in [-0.1, -0.05) is 0 Å². The molecule has 1 unspecified atom stereocenters. The van der Waals surface area contributed by atoms with Gasteiger partial charge in [0.2, 0.25) is 0 Å². The molecule has 1 aliphatic rings. The molecule has 1 saturated heterocycles. The van der Waals surface area contributed by atoms with E-state index in [1.54, 1.807) is 0 Å².